The second-order valence-electron chi connectivity index (χ2n) is 6.18. The van der Waals surface area contributed by atoms with Gasteiger partial charge >= 0.3 is 0 Å². The predicted octanol–water partition coefficient (Wildman–Crippen LogP) is 2.27. The monoisotopic (exact) mass is 323 g/mol. The number of nitrogens with zero attached hydrogens (tertiary/aromatic N) is 2. The normalized spacial score (nSPS) is 24.7. The zero-order valence-corrected chi connectivity index (χ0v) is 14.0. The molecule has 0 radical (unpaired) electrons. The molecule has 2 saturated heterocycles. The maximum Gasteiger partial charge on any atom is 0.254 e. The molecule has 2 bridgehead atoms. The van der Waals surface area contributed by atoms with Crippen molar-refractivity contribution in [2.75, 3.05) is 19.6 Å². The van der Waals surface area contributed by atoms with Gasteiger partial charge in [0.25, 0.3) is 5.91 Å². The second-order valence-corrected chi connectivity index (χ2v) is 6.18. The van der Waals surface area contributed by atoms with E-state index in [-0.39, 0.29) is 18.3 Å². The third kappa shape index (κ3) is 3.29. The number of carbonyl (C=O) groups is 1. The molecule has 1 aromatic carbocycles. The molecule has 0 saturated carbocycles. The number of likely N-dealkylation sites (N-methyl/N-ethyl adjacent to an activating group) is 1. The Bertz CT molecular complexity index is 505. The molecule has 5 heteroatoms. The lowest BCUT2D eigenvalue weighted by Gasteiger charge is -2.29. The average molecular weight is 324 g/mol. The van der Waals surface area contributed by atoms with Gasteiger partial charge in [0.15, 0.2) is 0 Å². The topological polar surface area (TPSA) is 49.6 Å². The van der Waals surface area contributed by atoms with Gasteiger partial charge in [-0.15, -0.1) is 12.4 Å². The molecule has 122 valence electrons. The highest BCUT2D eigenvalue weighted by Gasteiger charge is 2.39. The number of likely N-dealkylation sites (tertiary alicyclic amines) is 1. The summed E-state index contributed by atoms with van der Waals surface area (Å²) in [5, 5.41) is 0. The van der Waals surface area contributed by atoms with Gasteiger partial charge in [0.2, 0.25) is 0 Å². The number of amides is 1. The molecule has 2 N–H and O–H groups in total. The first-order valence-electron chi connectivity index (χ1n) is 8.07. The standard InChI is InChI=1S/C17H25N3O.ClH/c1-2-19-10-9-15-7-8-16(12-19)20(15)17(21)14-5-3-13(11-18)4-6-14;/h3-6,15-16H,2,7-12,18H2,1H3;1H. The van der Waals surface area contributed by atoms with Gasteiger partial charge in [-0.2, -0.15) is 0 Å². The van der Waals surface area contributed by atoms with Crippen molar-refractivity contribution in [1.82, 2.24) is 9.80 Å². The van der Waals surface area contributed by atoms with Gasteiger partial charge in [-0.05, 0) is 43.5 Å². The lowest BCUT2D eigenvalue weighted by atomic mass is 10.1. The summed E-state index contributed by atoms with van der Waals surface area (Å²) in [5.41, 5.74) is 7.50. The number of halogens is 1. The van der Waals surface area contributed by atoms with Crippen LogP contribution in [0.15, 0.2) is 24.3 Å². The lowest BCUT2D eigenvalue weighted by Crippen LogP contribution is -2.43. The number of fused-ring (bicyclic) bond motifs is 2. The first kappa shape index (κ1) is 17.3. The van der Waals surface area contributed by atoms with Gasteiger partial charge in [0.1, 0.15) is 0 Å². The fourth-order valence-electron chi connectivity index (χ4n) is 3.70. The molecule has 0 aliphatic carbocycles. The van der Waals surface area contributed by atoms with Crippen molar-refractivity contribution in [1.29, 1.82) is 0 Å². The molecule has 22 heavy (non-hydrogen) atoms. The quantitative estimate of drug-likeness (QED) is 0.928. The Kier molecular flexibility index (Phi) is 5.84. The first-order chi connectivity index (χ1) is 10.2. The molecule has 2 atom stereocenters. The van der Waals surface area contributed by atoms with E-state index < -0.39 is 0 Å². The number of nitrogens with two attached hydrogens (primary N) is 1. The van der Waals surface area contributed by atoms with Crippen LogP contribution >= 0.6 is 12.4 Å². The Morgan fingerprint density at radius 3 is 2.50 bits per heavy atom. The van der Waals surface area contributed by atoms with Crippen molar-refractivity contribution in [3.63, 3.8) is 0 Å². The molecule has 2 aliphatic heterocycles. The highest BCUT2D eigenvalue weighted by Crippen LogP contribution is 2.31. The van der Waals surface area contributed by atoms with Gasteiger partial charge in [-0.3, -0.25) is 4.79 Å². The summed E-state index contributed by atoms with van der Waals surface area (Å²) in [6.07, 6.45) is 3.42. The molecule has 1 aromatic rings. The van der Waals surface area contributed by atoms with Crippen LogP contribution in [0.4, 0.5) is 0 Å². The fourth-order valence-corrected chi connectivity index (χ4v) is 3.70. The Morgan fingerprint density at radius 2 is 1.86 bits per heavy atom. The maximum absolute atomic E-state index is 12.9. The van der Waals surface area contributed by atoms with Crippen LogP contribution in [0.25, 0.3) is 0 Å². The van der Waals surface area contributed by atoms with Gasteiger partial charge in [-0.1, -0.05) is 19.1 Å². The molecule has 3 rings (SSSR count). The van der Waals surface area contributed by atoms with Crippen molar-refractivity contribution in [3.8, 4) is 0 Å². The molecular formula is C17H26ClN3O. The van der Waals surface area contributed by atoms with Gasteiger partial charge < -0.3 is 15.5 Å². The van der Waals surface area contributed by atoms with Crippen molar-refractivity contribution >= 4 is 18.3 Å². The van der Waals surface area contributed by atoms with Gasteiger partial charge in [-0.25, -0.2) is 0 Å². The predicted molar refractivity (Wildman–Crippen MR) is 91.3 cm³/mol. The summed E-state index contributed by atoms with van der Waals surface area (Å²) >= 11 is 0. The van der Waals surface area contributed by atoms with Gasteiger partial charge in [0, 0.05) is 37.3 Å². The van der Waals surface area contributed by atoms with Crippen molar-refractivity contribution in [3.05, 3.63) is 35.4 Å². The summed E-state index contributed by atoms with van der Waals surface area (Å²) in [6, 6.07) is 8.59. The van der Waals surface area contributed by atoms with E-state index in [4.69, 9.17) is 5.73 Å². The van der Waals surface area contributed by atoms with E-state index in [9.17, 15) is 4.79 Å². The summed E-state index contributed by atoms with van der Waals surface area (Å²) in [5.74, 6) is 0.198. The highest BCUT2D eigenvalue weighted by atomic mass is 35.5. The van der Waals surface area contributed by atoms with E-state index >= 15 is 0 Å². The minimum atomic E-state index is 0. The van der Waals surface area contributed by atoms with Crippen molar-refractivity contribution in [2.24, 2.45) is 5.73 Å². The number of carbonyl (C=O) groups excluding carboxylic acids is 1. The zero-order valence-electron chi connectivity index (χ0n) is 13.2. The van der Waals surface area contributed by atoms with E-state index in [1.54, 1.807) is 0 Å². The number of rotatable bonds is 3. The molecule has 2 heterocycles. The fraction of sp³-hybridized carbons (Fsp3) is 0.588. The number of hydrogen-bond donors (Lipinski definition) is 1. The van der Waals surface area contributed by atoms with Crippen LogP contribution in [0.1, 0.15) is 42.1 Å². The molecule has 2 unspecified atom stereocenters. The van der Waals surface area contributed by atoms with Crippen LogP contribution < -0.4 is 5.73 Å². The minimum absolute atomic E-state index is 0. The van der Waals surface area contributed by atoms with E-state index in [0.717, 1.165) is 50.0 Å². The molecule has 0 aromatic heterocycles. The molecule has 2 aliphatic rings. The van der Waals surface area contributed by atoms with Crippen LogP contribution in [0.3, 0.4) is 0 Å². The van der Waals surface area contributed by atoms with E-state index in [1.165, 1.54) is 0 Å². The summed E-state index contributed by atoms with van der Waals surface area (Å²) < 4.78 is 0. The second kappa shape index (κ2) is 7.44. The Hall–Kier alpha value is -1.10. The number of benzene rings is 1. The van der Waals surface area contributed by atoms with Crippen LogP contribution in [0, 0.1) is 0 Å². The highest BCUT2D eigenvalue weighted by molar-refractivity contribution is 5.95. The molecule has 0 spiro atoms. The molecule has 1 amide bonds. The Balaban J connectivity index is 0.00000176. The largest absolute Gasteiger partial charge is 0.331 e. The zero-order chi connectivity index (χ0) is 14.8. The SMILES string of the molecule is CCN1CCC2CCC(C1)N2C(=O)c1ccc(CN)cc1.Cl. The van der Waals surface area contributed by atoms with Crippen molar-refractivity contribution < 1.29 is 4.79 Å². The summed E-state index contributed by atoms with van der Waals surface area (Å²) in [7, 11) is 0. The third-order valence-corrected chi connectivity index (χ3v) is 4.99. The summed E-state index contributed by atoms with van der Waals surface area (Å²) in [4.78, 5) is 17.5. The van der Waals surface area contributed by atoms with E-state index in [2.05, 4.69) is 16.7 Å². The van der Waals surface area contributed by atoms with Crippen LogP contribution in [-0.2, 0) is 6.54 Å². The Morgan fingerprint density at radius 1 is 1.18 bits per heavy atom. The third-order valence-electron chi connectivity index (χ3n) is 4.99. The molecule has 4 nitrogen and oxygen atoms in total. The average Bonchev–Trinajstić information content (AvgIpc) is 2.81. The first-order valence-corrected chi connectivity index (χ1v) is 8.07. The van der Waals surface area contributed by atoms with E-state index in [0.29, 0.717) is 18.6 Å². The smallest absolute Gasteiger partial charge is 0.254 e. The minimum Gasteiger partial charge on any atom is -0.331 e. The lowest BCUT2D eigenvalue weighted by molar-refractivity contribution is 0.0671. The van der Waals surface area contributed by atoms with Crippen molar-refractivity contribution in [2.45, 2.75) is 44.8 Å². The number of hydrogen-bond acceptors (Lipinski definition) is 3. The summed E-state index contributed by atoms with van der Waals surface area (Å²) in [6.45, 7) is 5.95. The molecule has 2 fully saturated rings. The van der Waals surface area contributed by atoms with E-state index in [1.807, 2.05) is 24.3 Å². The molecular weight excluding hydrogens is 298 g/mol. The Labute approximate surface area is 139 Å². The van der Waals surface area contributed by atoms with Gasteiger partial charge in [0.05, 0.1) is 0 Å². The van der Waals surface area contributed by atoms with Crippen LogP contribution in [-0.4, -0.2) is 47.4 Å². The van der Waals surface area contributed by atoms with Crippen LogP contribution in [0.2, 0.25) is 0 Å². The maximum atomic E-state index is 12.9. The van der Waals surface area contributed by atoms with Crippen LogP contribution in [0.5, 0.6) is 0 Å².